The predicted octanol–water partition coefficient (Wildman–Crippen LogP) is 5.00. The Bertz CT molecular complexity index is 562. The second-order valence-corrected chi connectivity index (χ2v) is 5.81. The van der Waals surface area contributed by atoms with Crippen molar-refractivity contribution < 1.29 is 5.11 Å². The summed E-state index contributed by atoms with van der Waals surface area (Å²) >= 11 is 18.7. The molecule has 20 heavy (non-hydrogen) atoms. The van der Waals surface area contributed by atoms with Gasteiger partial charge in [-0.1, -0.05) is 41.9 Å². The van der Waals surface area contributed by atoms with Crippen molar-refractivity contribution in [1.29, 1.82) is 0 Å². The van der Waals surface area contributed by atoms with E-state index < -0.39 is 5.41 Å². The molecule has 0 aliphatic heterocycles. The van der Waals surface area contributed by atoms with Crippen LogP contribution in [-0.4, -0.2) is 16.9 Å². The van der Waals surface area contributed by atoms with Crippen molar-refractivity contribution in [2.45, 2.75) is 11.8 Å². The fourth-order valence-electron chi connectivity index (χ4n) is 2.27. The molecule has 0 saturated carbocycles. The van der Waals surface area contributed by atoms with E-state index in [2.05, 4.69) is 0 Å². The second-order valence-electron chi connectivity index (χ2n) is 4.87. The van der Waals surface area contributed by atoms with E-state index in [1.165, 1.54) is 0 Å². The lowest BCUT2D eigenvalue weighted by Crippen LogP contribution is -2.33. The minimum absolute atomic E-state index is 0.244. The van der Waals surface area contributed by atoms with Crippen LogP contribution in [0.15, 0.2) is 48.5 Å². The zero-order valence-corrected chi connectivity index (χ0v) is 13.1. The van der Waals surface area contributed by atoms with E-state index in [4.69, 9.17) is 34.8 Å². The Hall–Kier alpha value is -0.890. The highest BCUT2D eigenvalue weighted by Crippen LogP contribution is 2.36. The molecule has 1 N–H and O–H groups in total. The third-order valence-electron chi connectivity index (χ3n) is 3.44. The lowest BCUT2D eigenvalue weighted by atomic mass is 9.78. The number of benzene rings is 2. The molecule has 0 unspecified atom stereocenters. The van der Waals surface area contributed by atoms with Crippen LogP contribution >= 0.6 is 34.8 Å². The number of hydrogen-bond acceptors (Lipinski definition) is 1. The van der Waals surface area contributed by atoms with E-state index in [1.54, 1.807) is 12.1 Å². The number of aromatic hydroxyl groups is 1. The monoisotopic (exact) mass is 328 g/mol. The molecule has 2 aromatic rings. The van der Waals surface area contributed by atoms with Gasteiger partial charge in [-0.25, -0.2) is 0 Å². The molecule has 106 valence electrons. The summed E-state index contributed by atoms with van der Waals surface area (Å²) in [6, 6.07) is 14.7. The van der Waals surface area contributed by atoms with Crippen molar-refractivity contribution in [3.8, 4) is 5.75 Å². The van der Waals surface area contributed by atoms with Gasteiger partial charge >= 0.3 is 0 Å². The standard InChI is InChI=1S/C16H15Cl3O/c17-10-16(11-18,14-3-1-2-4-15(14)19)9-12-5-7-13(20)8-6-12/h1-8,20H,9-11H2. The maximum Gasteiger partial charge on any atom is 0.115 e. The van der Waals surface area contributed by atoms with Crippen LogP contribution in [0.2, 0.25) is 5.02 Å². The Kier molecular flexibility index (Phi) is 5.20. The van der Waals surface area contributed by atoms with Gasteiger partial charge in [-0.15, -0.1) is 23.2 Å². The maximum atomic E-state index is 9.36. The number of rotatable bonds is 5. The number of phenolic OH excluding ortho intramolecular Hbond substituents is 1. The molecule has 4 heteroatoms. The largest absolute Gasteiger partial charge is 0.508 e. The summed E-state index contributed by atoms with van der Waals surface area (Å²) in [6.07, 6.45) is 0.671. The van der Waals surface area contributed by atoms with Crippen LogP contribution in [-0.2, 0) is 11.8 Å². The molecule has 0 fully saturated rings. The van der Waals surface area contributed by atoms with Crippen molar-refractivity contribution >= 4 is 34.8 Å². The Labute approximate surface area is 134 Å². The summed E-state index contributed by atoms with van der Waals surface area (Å²) in [6.45, 7) is 0. The van der Waals surface area contributed by atoms with Gasteiger partial charge in [0.25, 0.3) is 0 Å². The van der Waals surface area contributed by atoms with Crippen LogP contribution in [0.3, 0.4) is 0 Å². The first kappa shape index (κ1) is 15.5. The fraction of sp³-hybridized carbons (Fsp3) is 0.250. The third-order valence-corrected chi connectivity index (χ3v) is 4.79. The predicted molar refractivity (Wildman–Crippen MR) is 86.4 cm³/mol. The van der Waals surface area contributed by atoms with Gasteiger partial charge in [0.1, 0.15) is 5.75 Å². The van der Waals surface area contributed by atoms with E-state index >= 15 is 0 Å². The van der Waals surface area contributed by atoms with E-state index in [9.17, 15) is 5.11 Å². The van der Waals surface area contributed by atoms with Gasteiger partial charge < -0.3 is 5.11 Å². The zero-order valence-electron chi connectivity index (χ0n) is 10.8. The third kappa shape index (κ3) is 3.22. The average molecular weight is 330 g/mol. The summed E-state index contributed by atoms with van der Waals surface area (Å²) < 4.78 is 0. The van der Waals surface area contributed by atoms with Gasteiger partial charge in [-0.3, -0.25) is 0 Å². The van der Waals surface area contributed by atoms with Gasteiger partial charge in [0.2, 0.25) is 0 Å². The fourth-order valence-corrected chi connectivity index (χ4v) is 3.36. The summed E-state index contributed by atoms with van der Waals surface area (Å²) in [5.74, 6) is 0.996. The molecule has 0 aliphatic rings. The van der Waals surface area contributed by atoms with E-state index in [-0.39, 0.29) is 5.75 Å². The zero-order chi connectivity index (χ0) is 14.6. The summed E-state index contributed by atoms with van der Waals surface area (Å²) in [4.78, 5) is 0. The number of alkyl halides is 2. The molecule has 0 spiro atoms. The van der Waals surface area contributed by atoms with Gasteiger partial charge in [-0.05, 0) is 35.7 Å². The highest BCUT2D eigenvalue weighted by Gasteiger charge is 2.32. The molecular formula is C16H15Cl3O. The molecule has 0 atom stereocenters. The summed E-state index contributed by atoms with van der Waals surface area (Å²) in [5.41, 5.74) is 1.60. The Morgan fingerprint density at radius 1 is 0.900 bits per heavy atom. The topological polar surface area (TPSA) is 20.2 Å². The molecule has 0 radical (unpaired) electrons. The van der Waals surface area contributed by atoms with Crippen LogP contribution in [0.4, 0.5) is 0 Å². The molecule has 2 rings (SSSR count). The van der Waals surface area contributed by atoms with Gasteiger partial charge in [0.05, 0.1) is 0 Å². The summed E-state index contributed by atoms with van der Waals surface area (Å²) in [5, 5.41) is 10.0. The molecular weight excluding hydrogens is 315 g/mol. The highest BCUT2D eigenvalue weighted by atomic mass is 35.5. The van der Waals surface area contributed by atoms with E-state index in [0.717, 1.165) is 11.1 Å². The van der Waals surface area contributed by atoms with Crippen molar-refractivity contribution in [3.05, 3.63) is 64.7 Å². The van der Waals surface area contributed by atoms with Crippen molar-refractivity contribution in [2.24, 2.45) is 0 Å². The molecule has 0 heterocycles. The average Bonchev–Trinajstić information content (AvgIpc) is 2.48. The molecule has 1 nitrogen and oxygen atoms in total. The number of phenols is 1. The molecule has 0 aliphatic carbocycles. The van der Waals surface area contributed by atoms with E-state index in [0.29, 0.717) is 23.2 Å². The lowest BCUT2D eigenvalue weighted by molar-refractivity contribution is 0.474. The van der Waals surface area contributed by atoms with Crippen LogP contribution in [0, 0.1) is 0 Å². The van der Waals surface area contributed by atoms with Gasteiger partial charge in [0.15, 0.2) is 0 Å². The first-order valence-electron chi connectivity index (χ1n) is 6.26. The normalized spacial score (nSPS) is 11.6. The van der Waals surface area contributed by atoms with Gasteiger partial charge in [0, 0.05) is 22.2 Å². The first-order valence-corrected chi connectivity index (χ1v) is 7.71. The SMILES string of the molecule is Oc1ccc(CC(CCl)(CCl)c2ccccc2Cl)cc1. The maximum absolute atomic E-state index is 9.36. The molecule has 0 saturated heterocycles. The molecule has 0 bridgehead atoms. The summed E-state index contributed by atoms with van der Waals surface area (Å²) in [7, 11) is 0. The molecule has 2 aromatic carbocycles. The Morgan fingerprint density at radius 2 is 1.50 bits per heavy atom. The van der Waals surface area contributed by atoms with Crippen LogP contribution in [0.1, 0.15) is 11.1 Å². The first-order chi connectivity index (χ1) is 9.61. The quantitative estimate of drug-likeness (QED) is 0.765. The van der Waals surface area contributed by atoms with E-state index in [1.807, 2.05) is 36.4 Å². The lowest BCUT2D eigenvalue weighted by Gasteiger charge is -2.31. The number of hydrogen-bond donors (Lipinski definition) is 1. The van der Waals surface area contributed by atoms with Gasteiger partial charge in [-0.2, -0.15) is 0 Å². The van der Waals surface area contributed by atoms with Crippen LogP contribution < -0.4 is 0 Å². The van der Waals surface area contributed by atoms with Crippen molar-refractivity contribution in [2.75, 3.05) is 11.8 Å². The Morgan fingerprint density at radius 3 is 2.05 bits per heavy atom. The minimum Gasteiger partial charge on any atom is -0.508 e. The second kappa shape index (κ2) is 6.71. The highest BCUT2D eigenvalue weighted by molar-refractivity contribution is 6.32. The smallest absolute Gasteiger partial charge is 0.115 e. The van der Waals surface area contributed by atoms with Crippen molar-refractivity contribution in [3.63, 3.8) is 0 Å². The molecule has 0 amide bonds. The molecule has 0 aromatic heterocycles. The van der Waals surface area contributed by atoms with Crippen LogP contribution in [0.25, 0.3) is 0 Å². The minimum atomic E-state index is -0.418. The van der Waals surface area contributed by atoms with Crippen molar-refractivity contribution in [1.82, 2.24) is 0 Å². The number of halogens is 3. The Balaban J connectivity index is 2.39. The van der Waals surface area contributed by atoms with Crippen LogP contribution in [0.5, 0.6) is 5.75 Å².